The van der Waals surface area contributed by atoms with Gasteiger partial charge in [-0.3, -0.25) is 9.69 Å². The quantitative estimate of drug-likeness (QED) is 0.530. The average Bonchev–Trinajstić information content (AvgIpc) is 3.34. The van der Waals surface area contributed by atoms with Gasteiger partial charge in [-0.2, -0.15) is 0 Å². The van der Waals surface area contributed by atoms with Gasteiger partial charge < -0.3 is 15.0 Å². The number of anilines is 2. The second-order valence-corrected chi connectivity index (χ2v) is 9.91. The maximum absolute atomic E-state index is 12.6. The fourth-order valence-electron chi connectivity index (χ4n) is 4.57. The number of carbonyl (C=O) groups is 1. The molecule has 178 valence electrons. The Hall–Kier alpha value is -2.74. The van der Waals surface area contributed by atoms with Crippen molar-refractivity contribution < 1.29 is 9.53 Å². The van der Waals surface area contributed by atoms with Crippen molar-refractivity contribution in [2.24, 2.45) is 0 Å². The molecule has 3 heterocycles. The number of amides is 1. The number of ether oxygens (including phenoxy) is 1. The van der Waals surface area contributed by atoms with E-state index in [0.29, 0.717) is 0 Å². The first kappa shape index (κ1) is 23.0. The molecule has 1 N–H and O–H groups in total. The van der Waals surface area contributed by atoms with Crippen molar-refractivity contribution in [1.82, 2.24) is 9.88 Å². The zero-order chi connectivity index (χ0) is 23.2. The summed E-state index contributed by atoms with van der Waals surface area (Å²) in [5.74, 6) is -0.0385. The van der Waals surface area contributed by atoms with Crippen LogP contribution >= 0.6 is 11.3 Å². The van der Waals surface area contributed by atoms with E-state index in [9.17, 15) is 4.79 Å². The number of morpholine rings is 1. The fraction of sp³-hybridized carbons (Fsp3) is 0.407. The van der Waals surface area contributed by atoms with Crippen LogP contribution in [0.15, 0.2) is 53.9 Å². The van der Waals surface area contributed by atoms with E-state index in [0.717, 1.165) is 67.9 Å². The lowest BCUT2D eigenvalue weighted by Crippen LogP contribution is -2.35. The van der Waals surface area contributed by atoms with Crippen LogP contribution in [0.5, 0.6) is 0 Å². The molecule has 7 heteroatoms. The molecule has 34 heavy (non-hydrogen) atoms. The van der Waals surface area contributed by atoms with Crippen LogP contribution in [0, 0.1) is 0 Å². The normalized spacial score (nSPS) is 17.0. The number of benzene rings is 2. The van der Waals surface area contributed by atoms with Crippen molar-refractivity contribution in [3.05, 3.63) is 65.2 Å². The first-order valence-electron chi connectivity index (χ1n) is 12.2. The van der Waals surface area contributed by atoms with Crippen LogP contribution in [0.2, 0.25) is 0 Å². The number of nitrogens with zero attached hydrogens (tertiary/aromatic N) is 3. The van der Waals surface area contributed by atoms with Crippen molar-refractivity contribution in [3.8, 4) is 10.6 Å². The zero-order valence-corrected chi connectivity index (χ0v) is 20.4. The summed E-state index contributed by atoms with van der Waals surface area (Å²) < 4.78 is 5.43. The summed E-state index contributed by atoms with van der Waals surface area (Å²) in [6, 6.07) is 16.8. The summed E-state index contributed by atoms with van der Waals surface area (Å²) in [6.07, 6.45) is 4.11. The van der Waals surface area contributed by atoms with Gasteiger partial charge in [0.15, 0.2) is 0 Å². The number of piperidine rings is 1. The van der Waals surface area contributed by atoms with Crippen LogP contribution in [-0.4, -0.2) is 55.2 Å². The van der Waals surface area contributed by atoms with Gasteiger partial charge in [-0.1, -0.05) is 24.3 Å². The highest BCUT2D eigenvalue weighted by molar-refractivity contribution is 7.13. The van der Waals surface area contributed by atoms with E-state index in [1.54, 1.807) is 11.3 Å². The van der Waals surface area contributed by atoms with E-state index in [1.807, 2.05) is 17.5 Å². The lowest BCUT2D eigenvalue weighted by molar-refractivity contribution is -0.115. The number of hydrogen-bond donors (Lipinski definition) is 1. The van der Waals surface area contributed by atoms with Gasteiger partial charge in [0.1, 0.15) is 5.01 Å². The maximum Gasteiger partial charge on any atom is 0.230 e. The average molecular weight is 477 g/mol. The Bertz CT molecular complexity index is 1070. The monoisotopic (exact) mass is 476 g/mol. The molecule has 0 radical (unpaired) electrons. The van der Waals surface area contributed by atoms with Gasteiger partial charge in [-0.25, -0.2) is 4.98 Å². The molecule has 2 fully saturated rings. The molecular formula is C27H32N4O2S. The number of thiazole rings is 1. The van der Waals surface area contributed by atoms with Gasteiger partial charge in [-0.15, -0.1) is 11.3 Å². The number of rotatable bonds is 7. The molecule has 2 aliphatic heterocycles. The van der Waals surface area contributed by atoms with Crippen molar-refractivity contribution in [2.75, 3.05) is 49.6 Å². The van der Waals surface area contributed by atoms with E-state index in [2.05, 4.69) is 51.5 Å². The van der Waals surface area contributed by atoms with Gasteiger partial charge in [0.25, 0.3) is 0 Å². The van der Waals surface area contributed by atoms with Gasteiger partial charge >= 0.3 is 0 Å². The second kappa shape index (κ2) is 11.1. The van der Waals surface area contributed by atoms with Crippen molar-refractivity contribution in [1.29, 1.82) is 0 Å². The van der Waals surface area contributed by atoms with E-state index >= 15 is 0 Å². The van der Waals surface area contributed by atoms with Crippen LogP contribution in [0.3, 0.4) is 0 Å². The van der Waals surface area contributed by atoms with Crippen LogP contribution in [0.1, 0.15) is 30.5 Å². The molecule has 2 aliphatic rings. The summed E-state index contributed by atoms with van der Waals surface area (Å²) in [7, 11) is 0. The SMILES string of the molecule is O=C(Cc1csc(-c2ccc(CN3CCOCC3)cc2)n1)Nc1ccc(N2CCCCC2)cc1. The molecule has 0 saturated carbocycles. The molecule has 2 saturated heterocycles. The summed E-state index contributed by atoms with van der Waals surface area (Å²) in [6.45, 7) is 6.80. The predicted octanol–water partition coefficient (Wildman–Crippen LogP) is 4.81. The largest absolute Gasteiger partial charge is 0.379 e. The van der Waals surface area contributed by atoms with Crippen molar-refractivity contribution in [2.45, 2.75) is 32.2 Å². The number of nitrogens with one attached hydrogen (secondary N) is 1. The molecule has 0 aliphatic carbocycles. The molecule has 2 aromatic carbocycles. The first-order valence-corrected chi connectivity index (χ1v) is 13.1. The topological polar surface area (TPSA) is 57.7 Å². The maximum atomic E-state index is 12.6. The highest BCUT2D eigenvalue weighted by Crippen LogP contribution is 2.25. The van der Waals surface area contributed by atoms with Gasteiger partial charge in [0.05, 0.1) is 25.3 Å². The minimum absolute atomic E-state index is 0.0385. The third-order valence-corrected chi connectivity index (χ3v) is 7.42. The molecule has 0 spiro atoms. The lowest BCUT2D eigenvalue weighted by atomic mass is 10.1. The van der Waals surface area contributed by atoms with Gasteiger partial charge in [-0.05, 0) is 49.1 Å². The van der Waals surface area contributed by atoms with Crippen molar-refractivity contribution in [3.63, 3.8) is 0 Å². The van der Waals surface area contributed by atoms with Crippen LogP contribution in [-0.2, 0) is 22.5 Å². The number of hydrogen-bond acceptors (Lipinski definition) is 6. The smallest absolute Gasteiger partial charge is 0.230 e. The Balaban J connectivity index is 1.13. The van der Waals surface area contributed by atoms with Crippen molar-refractivity contribution >= 4 is 28.6 Å². The minimum atomic E-state index is -0.0385. The Kier molecular flexibility index (Phi) is 7.53. The third-order valence-electron chi connectivity index (χ3n) is 6.48. The molecule has 1 amide bonds. The van der Waals surface area contributed by atoms with Crippen LogP contribution < -0.4 is 10.2 Å². The second-order valence-electron chi connectivity index (χ2n) is 9.05. The summed E-state index contributed by atoms with van der Waals surface area (Å²) in [5, 5.41) is 5.94. The number of aromatic nitrogens is 1. The summed E-state index contributed by atoms with van der Waals surface area (Å²) in [5.41, 5.74) is 5.26. The summed E-state index contributed by atoms with van der Waals surface area (Å²) in [4.78, 5) is 22.1. The van der Waals surface area contributed by atoms with E-state index in [-0.39, 0.29) is 12.3 Å². The van der Waals surface area contributed by atoms with Crippen LogP contribution in [0.4, 0.5) is 11.4 Å². The minimum Gasteiger partial charge on any atom is -0.379 e. The standard InChI is InChI=1S/C27H32N4O2S/c32-26(28-23-8-10-25(11-9-23)31-12-2-1-3-13-31)18-24-20-34-27(29-24)22-6-4-21(5-7-22)19-30-14-16-33-17-15-30/h4-11,20H,1-3,12-19H2,(H,28,32). The molecular weight excluding hydrogens is 444 g/mol. The van der Waals surface area contributed by atoms with E-state index in [1.165, 1.54) is 30.5 Å². The molecule has 1 aromatic heterocycles. The zero-order valence-electron chi connectivity index (χ0n) is 19.5. The Morgan fingerprint density at radius 2 is 1.68 bits per heavy atom. The van der Waals surface area contributed by atoms with Crippen LogP contribution in [0.25, 0.3) is 10.6 Å². The molecule has 6 nitrogen and oxygen atoms in total. The third kappa shape index (κ3) is 6.03. The Labute approximate surface area is 205 Å². The highest BCUT2D eigenvalue weighted by atomic mass is 32.1. The first-order chi connectivity index (χ1) is 16.7. The molecule has 0 atom stereocenters. The van der Waals surface area contributed by atoms with E-state index in [4.69, 9.17) is 9.72 Å². The Morgan fingerprint density at radius 1 is 0.941 bits per heavy atom. The molecule has 0 unspecified atom stereocenters. The fourth-order valence-corrected chi connectivity index (χ4v) is 5.39. The molecule has 5 rings (SSSR count). The summed E-state index contributed by atoms with van der Waals surface area (Å²) >= 11 is 1.59. The molecule has 0 bridgehead atoms. The van der Waals surface area contributed by atoms with E-state index < -0.39 is 0 Å². The van der Waals surface area contributed by atoms with Gasteiger partial charge in [0, 0.05) is 55.0 Å². The van der Waals surface area contributed by atoms with Gasteiger partial charge in [0.2, 0.25) is 5.91 Å². The molecule has 3 aromatic rings. The predicted molar refractivity (Wildman–Crippen MR) is 138 cm³/mol. The number of carbonyl (C=O) groups excluding carboxylic acids is 1. The Morgan fingerprint density at radius 3 is 2.41 bits per heavy atom. The lowest BCUT2D eigenvalue weighted by Gasteiger charge is -2.28. The highest BCUT2D eigenvalue weighted by Gasteiger charge is 2.13.